The summed E-state index contributed by atoms with van der Waals surface area (Å²) in [6, 6.07) is 4.18. The molecule has 3 N–H and O–H groups in total. The van der Waals surface area contributed by atoms with Gasteiger partial charge in [0, 0.05) is 30.6 Å². The number of piperidine rings is 1. The minimum atomic E-state index is -0.123. The van der Waals surface area contributed by atoms with Gasteiger partial charge in [-0.15, -0.1) is 11.3 Å². The quantitative estimate of drug-likeness (QED) is 0.719. The molecule has 1 atom stereocenters. The fraction of sp³-hybridized carbons (Fsp3) is 0.688. The highest BCUT2D eigenvalue weighted by molar-refractivity contribution is 7.09. The predicted molar refractivity (Wildman–Crippen MR) is 90.0 cm³/mol. The number of aliphatic hydroxyl groups excluding tert-OH is 1. The van der Waals surface area contributed by atoms with Crippen molar-refractivity contribution in [3.63, 3.8) is 0 Å². The molecule has 0 aliphatic carbocycles. The van der Waals surface area contributed by atoms with Crippen molar-refractivity contribution >= 4 is 17.4 Å². The SMILES string of the molecule is C[C@H](CCO)NC(=O)NCC1CCN(Cc2cccs2)CC1. The standard InChI is InChI=1S/C16H27N3O2S/c1-13(6-9-20)18-16(21)17-11-14-4-7-19(8-5-14)12-15-3-2-10-22-15/h2-3,10,13-14,20H,4-9,11-12H2,1H3,(H2,17,18,21)/t13-/m1/s1. The van der Waals surface area contributed by atoms with Crippen molar-refractivity contribution in [3.05, 3.63) is 22.4 Å². The molecule has 0 spiro atoms. The van der Waals surface area contributed by atoms with E-state index in [9.17, 15) is 4.79 Å². The van der Waals surface area contributed by atoms with Crippen LogP contribution in [0.3, 0.4) is 0 Å². The van der Waals surface area contributed by atoms with E-state index in [-0.39, 0.29) is 18.7 Å². The molecule has 0 saturated carbocycles. The number of urea groups is 1. The van der Waals surface area contributed by atoms with Gasteiger partial charge in [-0.3, -0.25) is 4.90 Å². The second-order valence-electron chi connectivity index (χ2n) is 6.07. The Morgan fingerprint density at radius 3 is 2.91 bits per heavy atom. The lowest BCUT2D eigenvalue weighted by molar-refractivity contribution is 0.175. The molecule has 0 aromatic carbocycles. The number of hydrogen-bond donors (Lipinski definition) is 3. The fourth-order valence-corrected chi connectivity index (χ4v) is 3.50. The number of carbonyl (C=O) groups excluding carboxylic acids is 1. The second kappa shape index (κ2) is 9.12. The molecule has 1 fully saturated rings. The van der Waals surface area contributed by atoms with Crippen LogP contribution in [0.2, 0.25) is 0 Å². The Balaban J connectivity index is 1.60. The largest absolute Gasteiger partial charge is 0.396 e. The number of nitrogens with zero attached hydrogens (tertiary/aromatic N) is 1. The summed E-state index contributed by atoms with van der Waals surface area (Å²) in [4.78, 5) is 15.7. The molecule has 0 unspecified atom stereocenters. The smallest absolute Gasteiger partial charge is 0.315 e. The number of thiophene rings is 1. The zero-order valence-electron chi connectivity index (χ0n) is 13.3. The lowest BCUT2D eigenvalue weighted by atomic mass is 9.97. The van der Waals surface area contributed by atoms with Crippen LogP contribution in [0.25, 0.3) is 0 Å². The lowest BCUT2D eigenvalue weighted by Gasteiger charge is -2.31. The number of aliphatic hydroxyl groups is 1. The monoisotopic (exact) mass is 325 g/mol. The van der Waals surface area contributed by atoms with Gasteiger partial charge in [-0.1, -0.05) is 6.07 Å². The summed E-state index contributed by atoms with van der Waals surface area (Å²) in [7, 11) is 0. The Kier molecular flexibility index (Phi) is 7.15. The van der Waals surface area contributed by atoms with Crippen LogP contribution in [0.5, 0.6) is 0 Å². The Morgan fingerprint density at radius 1 is 1.50 bits per heavy atom. The number of amides is 2. The highest BCUT2D eigenvalue weighted by atomic mass is 32.1. The number of rotatable bonds is 7. The molecule has 124 valence electrons. The molecule has 0 bridgehead atoms. The first-order valence-corrected chi connectivity index (χ1v) is 8.95. The van der Waals surface area contributed by atoms with Crippen LogP contribution in [0.1, 0.15) is 31.1 Å². The zero-order chi connectivity index (χ0) is 15.8. The first-order chi connectivity index (χ1) is 10.7. The van der Waals surface area contributed by atoms with Crippen molar-refractivity contribution in [2.45, 2.75) is 38.8 Å². The molecule has 22 heavy (non-hydrogen) atoms. The zero-order valence-corrected chi connectivity index (χ0v) is 14.1. The maximum atomic E-state index is 11.7. The fourth-order valence-electron chi connectivity index (χ4n) is 2.75. The highest BCUT2D eigenvalue weighted by Crippen LogP contribution is 2.20. The molecule has 1 aromatic heterocycles. The average Bonchev–Trinajstić information content (AvgIpc) is 3.00. The van der Waals surface area contributed by atoms with E-state index in [1.54, 1.807) is 0 Å². The van der Waals surface area contributed by atoms with Crippen LogP contribution in [0.15, 0.2) is 17.5 Å². The minimum Gasteiger partial charge on any atom is -0.396 e. The van der Waals surface area contributed by atoms with Gasteiger partial charge in [-0.05, 0) is 56.6 Å². The average molecular weight is 325 g/mol. The molecule has 6 heteroatoms. The van der Waals surface area contributed by atoms with Crippen molar-refractivity contribution in [2.24, 2.45) is 5.92 Å². The van der Waals surface area contributed by atoms with E-state index in [0.29, 0.717) is 12.3 Å². The summed E-state index contributed by atoms with van der Waals surface area (Å²) in [5.74, 6) is 0.568. The molecule has 1 aromatic rings. The van der Waals surface area contributed by atoms with Crippen LogP contribution >= 0.6 is 11.3 Å². The Labute approximate surface area is 136 Å². The van der Waals surface area contributed by atoms with Crippen molar-refractivity contribution in [1.82, 2.24) is 15.5 Å². The Morgan fingerprint density at radius 2 is 2.27 bits per heavy atom. The Hall–Kier alpha value is -1.11. The maximum absolute atomic E-state index is 11.7. The van der Waals surface area contributed by atoms with E-state index in [2.05, 4.69) is 33.0 Å². The highest BCUT2D eigenvalue weighted by Gasteiger charge is 2.20. The van der Waals surface area contributed by atoms with Gasteiger partial charge in [0.05, 0.1) is 0 Å². The molecular formula is C16H27N3O2S. The van der Waals surface area contributed by atoms with E-state index < -0.39 is 0 Å². The van der Waals surface area contributed by atoms with Crippen LogP contribution in [-0.2, 0) is 6.54 Å². The van der Waals surface area contributed by atoms with Crippen molar-refractivity contribution in [3.8, 4) is 0 Å². The van der Waals surface area contributed by atoms with E-state index in [1.807, 2.05) is 18.3 Å². The third-order valence-electron chi connectivity index (χ3n) is 4.16. The maximum Gasteiger partial charge on any atom is 0.315 e. The third kappa shape index (κ3) is 5.94. The van der Waals surface area contributed by atoms with Gasteiger partial charge in [0.25, 0.3) is 0 Å². The van der Waals surface area contributed by atoms with E-state index in [1.165, 1.54) is 4.88 Å². The minimum absolute atomic E-state index is 0.0117. The Bertz CT molecular complexity index is 431. The van der Waals surface area contributed by atoms with Crippen LogP contribution in [0, 0.1) is 5.92 Å². The molecule has 2 heterocycles. The lowest BCUT2D eigenvalue weighted by Crippen LogP contribution is -2.44. The number of carbonyl (C=O) groups is 1. The summed E-state index contributed by atoms with van der Waals surface area (Å²) in [6.07, 6.45) is 2.87. The first kappa shape index (κ1) is 17.2. The molecule has 5 nitrogen and oxygen atoms in total. The summed E-state index contributed by atoms with van der Waals surface area (Å²) in [6.45, 7) is 6.00. The van der Waals surface area contributed by atoms with E-state index in [0.717, 1.165) is 39.0 Å². The number of hydrogen-bond acceptors (Lipinski definition) is 4. The van der Waals surface area contributed by atoms with Crippen LogP contribution in [0.4, 0.5) is 4.79 Å². The molecule has 1 aliphatic heterocycles. The summed E-state index contributed by atoms with van der Waals surface area (Å²) >= 11 is 1.82. The molecule has 2 rings (SSSR count). The second-order valence-corrected chi connectivity index (χ2v) is 7.10. The van der Waals surface area contributed by atoms with E-state index in [4.69, 9.17) is 5.11 Å². The predicted octanol–water partition coefficient (Wildman–Crippen LogP) is 2.03. The molecular weight excluding hydrogens is 298 g/mol. The topological polar surface area (TPSA) is 64.6 Å². The van der Waals surface area contributed by atoms with Gasteiger partial charge < -0.3 is 15.7 Å². The van der Waals surface area contributed by atoms with Gasteiger partial charge in [0.15, 0.2) is 0 Å². The van der Waals surface area contributed by atoms with Gasteiger partial charge in [-0.2, -0.15) is 0 Å². The normalized spacial score (nSPS) is 18.1. The van der Waals surface area contributed by atoms with Crippen molar-refractivity contribution in [2.75, 3.05) is 26.2 Å². The van der Waals surface area contributed by atoms with Crippen LogP contribution in [-0.4, -0.2) is 48.3 Å². The van der Waals surface area contributed by atoms with Crippen molar-refractivity contribution < 1.29 is 9.90 Å². The van der Waals surface area contributed by atoms with Gasteiger partial charge >= 0.3 is 6.03 Å². The summed E-state index contributed by atoms with van der Waals surface area (Å²) in [5, 5.41) is 16.7. The molecule has 0 radical (unpaired) electrons. The van der Waals surface area contributed by atoms with Crippen LogP contribution < -0.4 is 10.6 Å². The number of nitrogens with one attached hydrogen (secondary N) is 2. The molecule has 1 aliphatic rings. The third-order valence-corrected chi connectivity index (χ3v) is 5.02. The first-order valence-electron chi connectivity index (χ1n) is 8.07. The van der Waals surface area contributed by atoms with E-state index >= 15 is 0 Å². The summed E-state index contributed by atoms with van der Waals surface area (Å²) in [5.41, 5.74) is 0. The molecule has 1 saturated heterocycles. The van der Waals surface area contributed by atoms with Gasteiger partial charge in [0.1, 0.15) is 0 Å². The van der Waals surface area contributed by atoms with Gasteiger partial charge in [0.2, 0.25) is 0 Å². The van der Waals surface area contributed by atoms with Gasteiger partial charge in [-0.25, -0.2) is 4.79 Å². The molecule has 2 amide bonds. The summed E-state index contributed by atoms with van der Waals surface area (Å²) < 4.78 is 0. The number of likely N-dealkylation sites (tertiary alicyclic amines) is 1. The van der Waals surface area contributed by atoms with Crippen molar-refractivity contribution in [1.29, 1.82) is 0 Å².